The number of imidazole rings is 1. The minimum Gasteiger partial charge on any atom is -0.480 e. The van der Waals surface area contributed by atoms with E-state index >= 15 is 0 Å². The van der Waals surface area contributed by atoms with Gasteiger partial charge in [-0.1, -0.05) is 24.3 Å². The van der Waals surface area contributed by atoms with Crippen LogP contribution in [0, 0.1) is 0 Å². The van der Waals surface area contributed by atoms with Crippen molar-refractivity contribution in [3.63, 3.8) is 0 Å². The summed E-state index contributed by atoms with van der Waals surface area (Å²) < 4.78 is 46.9. The number of nitrogens with zero attached hydrogens (tertiary/aromatic N) is 6. The number of hydrogen-bond acceptors (Lipinski definition) is 7. The molecule has 0 radical (unpaired) electrons. The number of hydrogen-bond donors (Lipinski definition) is 1. The van der Waals surface area contributed by atoms with Gasteiger partial charge in [-0.25, -0.2) is 24.9 Å². The third-order valence-electron chi connectivity index (χ3n) is 6.66. The Balaban J connectivity index is 1.50. The zero-order chi connectivity index (χ0) is 27.2. The van der Waals surface area contributed by atoms with Gasteiger partial charge in [-0.2, -0.15) is 13.2 Å². The van der Waals surface area contributed by atoms with Gasteiger partial charge in [0.1, 0.15) is 23.3 Å². The largest absolute Gasteiger partial charge is 0.480 e. The molecule has 1 N–H and O–H groups in total. The molecule has 3 heterocycles. The van der Waals surface area contributed by atoms with Crippen molar-refractivity contribution < 1.29 is 23.0 Å². The highest BCUT2D eigenvalue weighted by molar-refractivity contribution is 5.66. The lowest BCUT2D eigenvalue weighted by Crippen LogP contribution is -2.24. The van der Waals surface area contributed by atoms with Crippen LogP contribution < -0.4 is 4.74 Å². The van der Waals surface area contributed by atoms with Crippen LogP contribution in [0.5, 0.6) is 5.88 Å². The van der Waals surface area contributed by atoms with Crippen LogP contribution in [0.3, 0.4) is 0 Å². The highest BCUT2D eigenvalue weighted by Gasteiger charge is 2.36. The number of halogens is 3. The maximum atomic E-state index is 13.3. The topological polar surface area (TPSA) is 98.8 Å². The molecule has 0 bridgehead atoms. The molecule has 11 heteroatoms. The molecule has 1 aromatic carbocycles. The molecule has 198 valence electrons. The molecule has 8 nitrogen and oxygen atoms in total. The lowest BCUT2D eigenvalue weighted by Gasteiger charge is -2.24. The SMILES string of the molecule is COc1ncnc(C2CC2)c1-c1nccc(C(C)(O)c2ccc(-c3nc(C(F)(F)F)cn3C(C)C)cc2)n1. The quantitative estimate of drug-likeness (QED) is 0.339. The lowest BCUT2D eigenvalue weighted by molar-refractivity contribution is -0.140. The van der Waals surface area contributed by atoms with Crippen molar-refractivity contribution in [2.45, 2.75) is 57.3 Å². The third-order valence-corrected chi connectivity index (χ3v) is 6.66. The number of alkyl halides is 3. The number of rotatable bonds is 7. The molecule has 5 rings (SSSR count). The average Bonchev–Trinajstić information content (AvgIpc) is 3.64. The Morgan fingerprint density at radius 2 is 1.71 bits per heavy atom. The summed E-state index contributed by atoms with van der Waals surface area (Å²) in [6.45, 7) is 5.18. The first kappa shape index (κ1) is 25.8. The Morgan fingerprint density at radius 1 is 1.00 bits per heavy atom. The van der Waals surface area contributed by atoms with E-state index in [0.29, 0.717) is 40.0 Å². The van der Waals surface area contributed by atoms with Gasteiger partial charge in [-0.15, -0.1) is 0 Å². The van der Waals surface area contributed by atoms with Crippen LogP contribution in [-0.4, -0.2) is 41.7 Å². The summed E-state index contributed by atoms with van der Waals surface area (Å²) >= 11 is 0. The van der Waals surface area contributed by atoms with Gasteiger partial charge >= 0.3 is 6.18 Å². The predicted molar refractivity (Wildman–Crippen MR) is 133 cm³/mol. The maximum absolute atomic E-state index is 13.3. The molecule has 1 aliphatic rings. The van der Waals surface area contributed by atoms with Crippen LogP contribution in [0.2, 0.25) is 0 Å². The summed E-state index contributed by atoms with van der Waals surface area (Å²) in [4.78, 5) is 21.6. The number of aliphatic hydroxyl groups is 1. The zero-order valence-corrected chi connectivity index (χ0v) is 21.4. The van der Waals surface area contributed by atoms with Gasteiger partial charge in [0.25, 0.3) is 0 Å². The summed E-state index contributed by atoms with van der Waals surface area (Å²) in [5.74, 6) is 1.20. The Morgan fingerprint density at radius 3 is 2.32 bits per heavy atom. The van der Waals surface area contributed by atoms with Crippen molar-refractivity contribution in [2.24, 2.45) is 0 Å². The molecule has 1 unspecified atom stereocenters. The molecular formula is C27H27F3N6O2. The minimum absolute atomic E-state index is 0.201. The van der Waals surface area contributed by atoms with Crippen LogP contribution in [0.15, 0.2) is 49.1 Å². The van der Waals surface area contributed by atoms with E-state index in [1.54, 1.807) is 57.3 Å². The molecule has 1 aliphatic carbocycles. The maximum Gasteiger partial charge on any atom is 0.434 e. The Kier molecular flexibility index (Phi) is 6.42. The number of methoxy groups -OCH3 is 1. The molecular weight excluding hydrogens is 497 g/mol. The van der Waals surface area contributed by atoms with E-state index < -0.39 is 17.5 Å². The molecule has 1 saturated carbocycles. The lowest BCUT2D eigenvalue weighted by atomic mass is 9.91. The first-order valence-corrected chi connectivity index (χ1v) is 12.2. The fourth-order valence-corrected chi connectivity index (χ4v) is 4.39. The van der Waals surface area contributed by atoms with E-state index in [-0.39, 0.29) is 11.9 Å². The van der Waals surface area contributed by atoms with Crippen molar-refractivity contribution in [3.8, 4) is 28.7 Å². The van der Waals surface area contributed by atoms with Crippen molar-refractivity contribution >= 4 is 0 Å². The van der Waals surface area contributed by atoms with E-state index in [4.69, 9.17) is 4.74 Å². The fourth-order valence-electron chi connectivity index (χ4n) is 4.39. The second-order valence-electron chi connectivity index (χ2n) is 9.78. The van der Waals surface area contributed by atoms with E-state index in [1.165, 1.54) is 18.0 Å². The first-order chi connectivity index (χ1) is 18.0. The highest BCUT2D eigenvalue weighted by Crippen LogP contribution is 2.45. The van der Waals surface area contributed by atoms with E-state index in [0.717, 1.165) is 24.7 Å². The Hall–Kier alpha value is -3.86. The zero-order valence-electron chi connectivity index (χ0n) is 21.4. The molecule has 38 heavy (non-hydrogen) atoms. The highest BCUT2D eigenvalue weighted by atomic mass is 19.4. The monoisotopic (exact) mass is 524 g/mol. The van der Waals surface area contributed by atoms with Gasteiger partial charge in [0.2, 0.25) is 5.88 Å². The summed E-state index contributed by atoms with van der Waals surface area (Å²) in [5.41, 5.74) is 0.287. The van der Waals surface area contributed by atoms with Gasteiger partial charge in [0.15, 0.2) is 11.5 Å². The van der Waals surface area contributed by atoms with E-state index in [2.05, 4.69) is 24.9 Å². The van der Waals surface area contributed by atoms with Crippen molar-refractivity contribution in [3.05, 3.63) is 71.7 Å². The van der Waals surface area contributed by atoms with E-state index in [1.807, 2.05) is 0 Å². The van der Waals surface area contributed by atoms with Crippen LogP contribution >= 0.6 is 0 Å². The molecule has 4 aromatic rings. The average molecular weight is 525 g/mol. The molecule has 0 amide bonds. The predicted octanol–water partition coefficient (Wildman–Crippen LogP) is 5.54. The van der Waals surface area contributed by atoms with Crippen molar-refractivity contribution in [1.29, 1.82) is 0 Å². The normalized spacial score (nSPS) is 15.5. The van der Waals surface area contributed by atoms with Gasteiger partial charge in [0.05, 0.1) is 18.5 Å². The molecule has 1 fully saturated rings. The molecule has 0 spiro atoms. The number of ether oxygens (including phenoxy) is 1. The van der Waals surface area contributed by atoms with Crippen LogP contribution in [0.4, 0.5) is 13.2 Å². The first-order valence-electron chi connectivity index (χ1n) is 12.2. The van der Waals surface area contributed by atoms with Gasteiger partial charge < -0.3 is 14.4 Å². The van der Waals surface area contributed by atoms with Crippen LogP contribution in [0.1, 0.15) is 68.2 Å². The summed E-state index contributed by atoms with van der Waals surface area (Å²) in [7, 11) is 1.52. The Labute approximate surface area is 217 Å². The summed E-state index contributed by atoms with van der Waals surface area (Å²) in [6, 6.07) is 8.00. The second kappa shape index (κ2) is 9.46. The Bertz CT molecular complexity index is 1460. The van der Waals surface area contributed by atoms with E-state index in [9.17, 15) is 18.3 Å². The smallest absolute Gasteiger partial charge is 0.434 e. The van der Waals surface area contributed by atoms with Crippen LogP contribution in [0.25, 0.3) is 22.8 Å². The standard InChI is InChI=1S/C27H27F3N6O2/c1-15(2)36-13-20(27(28,29)30)35-24(36)17-7-9-18(10-8-17)26(3,37)19-11-12-31-23(34-19)21-22(16-5-6-16)32-14-33-25(21)38-4/h7-16,37H,5-6H2,1-4H3. The molecule has 3 aromatic heterocycles. The molecule has 0 aliphatic heterocycles. The van der Waals surface area contributed by atoms with Crippen LogP contribution in [-0.2, 0) is 11.8 Å². The minimum atomic E-state index is -4.55. The van der Waals surface area contributed by atoms with Crippen molar-refractivity contribution in [1.82, 2.24) is 29.5 Å². The van der Waals surface area contributed by atoms with Crippen molar-refractivity contribution in [2.75, 3.05) is 7.11 Å². The molecule has 1 atom stereocenters. The summed E-state index contributed by atoms with van der Waals surface area (Å²) in [5, 5.41) is 11.5. The molecule has 0 saturated heterocycles. The fraction of sp³-hybridized carbons (Fsp3) is 0.370. The third kappa shape index (κ3) is 4.73. The number of benzene rings is 1. The van der Waals surface area contributed by atoms with Gasteiger partial charge in [0, 0.05) is 29.9 Å². The van der Waals surface area contributed by atoms with Gasteiger partial charge in [-0.3, -0.25) is 0 Å². The second-order valence-corrected chi connectivity index (χ2v) is 9.78. The number of aromatic nitrogens is 6. The summed E-state index contributed by atoms with van der Waals surface area (Å²) in [6.07, 6.45) is 1.51. The van der Waals surface area contributed by atoms with Gasteiger partial charge in [-0.05, 0) is 45.2 Å².